The summed E-state index contributed by atoms with van der Waals surface area (Å²) in [6, 6.07) is 4.83. The van der Waals surface area contributed by atoms with Crippen LogP contribution in [0.25, 0.3) is 0 Å². The third-order valence-electron chi connectivity index (χ3n) is 1.59. The maximum Gasteiger partial charge on any atom is 0.188 e. The van der Waals surface area contributed by atoms with E-state index in [0.29, 0.717) is 5.69 Å². The largest absolute Gasteiger partial charge is 0.300 e. The molecular weight excluding hydrogens is 178 g/mol. The number of carbonyl (C=O) groups excluding carboxylic acids is 2. The first-order chi connectivity index (χ1) is 6.63. The molecule has 0 fully saturated rings. The lowest BCUT2D eigenvalue weighted by molar-refractivity contribution is -0.116. The molecular formula is C11H9NO2. The van der Waals surface area contributed by atoms with E-state index in [1.807, 2.05) is 0 Å². The number of rotatable bonds is 3. The van der Waals surface area contributed by atoms with Crippen LogP contribution in [0.2, 0.25) is 0 Å². The first-order valence-electron chi connectivity index (χ1n) is 4.10. The first-order valence-corrected chi connectivity index (χ1v) is 4.10. The van der Waals surface area contributed by atoms with Crippen LogP contribution < -0.4 is 0 Å². The molecule has 0 atom stereocenters. The molecule has 0 radical (unpaired) electrons. The zero-order valence-corrected chi connectivity index (χ0v) is 7.78. The lowest BCUT2D eigenvalue weighted by atomic mass is 10.1. The summed E-state index contributed by atoms with van der Waals surface area (Å²) in [7, 11) is 0. The topological polar surface area (TPSA) is 47.0 Å². The van der Waals surface area contributed by atoms with Gasteiger partial charge in [0.05, 0.1) is 6.42 Å². The average Bonchev–Trinajstić information content (AvgIpc) is 2.17. The summed E-state index contributed by atoms with van der Waals surface area (Å²) >= 11 is 0. The molecule has 0 saturated heterocycles. The van der Waals surface area contributed by atoms with E-state index in [4.69, 9.17) is 6.42 Å². The van der Waals surface area contributed by atoms with Crippen LogP contribution in [-0.2, 0) is 4.79 Å². The normalized spacial score (nSPS) is 9.14. The highest BCUT2D eigenvalue weighted by Crippen LogP contribution is 2.02. The molecule has 0 amide bonds. The summed E-state index contributed by atoms with van der Waals surface area (Å²) in [5.41, 5.74) is 0.648. The van der Waals surface area contributed by atoms with Gasteiger partial charge in [-0.15, -0.1) is 6.42 Å². The van der Waals surface area contributed by atoms with Crippen molar-refractivity contribution in [2.75, 3.05) is 0 Å². The third-order valence-corrected chi connectivity index (χ3v) is 1.59. The van der Waals surface area contributed by atoms with Gasteiger partial charge in [0.15, 0.2) is 5.78 Å². The van der Waals surface area contributed by atoms with E-state index in [0.717, 1.165) is 0 Å². The van der Waals surface area contributed by atoms with E-state index in [-0.39, 0.29) is 23.7 Å². The van der Waals surface area contributed by atoms with Crippen LogP contribution in [0.15, 0.2) is 18.2 Å². The van der Waals surface area contributed by atoms with Gasteiger partial charge in [-0.1, -0.05) is 12.0 Å². The summed E-state index contributed by atoms with van der Waals surface area (Å²) < 4.78 is 0. The van der Waals surface area contributed by atoms with Gasteiger partial charge in [-0.3, -0.25) is 9.59 Å². The number of ketones is 2. The fourth-order valence-corrected chi connectivity index (χ4v) is 0.987. The van der Waals surface area contributed by atoms with Gasteiger partial charge in [0, 0.05) is 0 Å². The number of aromatic nitrogens is 1. The number of terminal acetylenes is 1. The minimum Gasteiger partial charge on any atom is -0.300 e. The molecule has 1 aromatic heterocycles. The molecule has 0 saturated carbocycles. The Morgan fingerprint density at radius 3 is 2.79 bits per heavy atom. The van der Waals surface area contributed by atoms with Crippen molar-refractivity contribution in [1.82, 2.24) is 4.98 Å². The average molecular weight is 187 g/mol. The van der Waals surface area contributed by atoms with Crippen LogP contribution in [0.1, 0.15) is 29.5 Å². The van der Waals surface area contributed by atoms with Gasteiger partial charge in [-0.25, -0.2) is 4.98 Å². The van der Waals surface area contributed by atoms with E-state index < -0.39 is 0 Å². The zero-order chi connectivity index (χ0) is 10.6. The Morgan fingerprint density at radius 1 is 1.50 bits per heavy atom. The second kappa shape index (κ2) is 4.33. The maximum absolute atomic E-state index is 11.4. The quantitative estimate of drug-likeness (QED) is 0.406. The van der Waals surface area contributed by atoms with Crippen LogP contribution in [0, 0.1) is 12.3 Å². The van der Waals surface area contributed by atoms with Gasteiger partial charge < -0.3 is 0 Å². The van der Waals surface area contributed by atoms with Gasteiger partial charge in [-0.2, -0.15) is 0 Å². The predicted octanol–water partition coefficient (Wildman–Crippen LogP) is 1.22. The Morgan fingerprint density at radius 2 is 2.21 bits per heavy atom. The number of hydrogen-bond donors (Lipinski definition) is 0. The van der Waals surface area contributed by atoms with Crippen molar-refractivity contribution in [1.29, 1.82) is 0 Å². The summed E-state index contributed by atoms with van der Waals surface area (Å²) in [5.74, 6) is 1.85. The van der Waals surface area contributed by atoms with Crippen molar-refractivity contribution < 1.29 is 9.59 Å². The first kappa shape index (κ1) is 10.1. The summed E-state index contributed by atoms with van der Waals surface area (Å²) in [4.78, 5) is 26.0. The standard InChI is InChI=1S/C11H9NO2/c1-3-9-5-4-6-10(12-9)11(14)7-8(2)13/h1,4-6H,7H2,2H3. The number of Topliss-reactive ketones (excluding diaryl/α,β-unsaturated/α-hetero) is 2. The Balaban J connectivity index is 2.91. The van der Waals surface area contributed by atoms with E-state index in [9.17, 15) is 9.59 Å². The van der Waals surface area contributed by atoms with Crippen LogP contribution in [0.3, 0.4) is 0 Å². The predicted molar refractivity (Wildman–Crippen MR) is 51.8 cm³/mol. The zero-order valence-electron chi connectivity index (χ0n) is 7.78. The van der Waals surface area contributed by atoms with Gasteiger partial charge in [-0.05, 0) is 19.1 Å². The highest BCUT2D eigenvalue weighted by Gasteiger charge is 2.09. The van der Waals surface area contributed by atoms with Crippen LogP contribution >= 0.6 is 0 Å². The van der Waals surface area contributed by atoms with Crippen molar-refractivity contribution in [2.24, 2.45) is 0 Å². The minimum absolute atomic E-state index is 0.124. The number of pyridine rings is 1. The van der Waals surface area contributed by atoms with Gasteiger partial charge in [0.2, 0.25) is 0 Å². The molecule has 0 aromatic carbocycles. The number of carbonyl (C=O) groups is 2. The molecule has 1 heterocycles. The highest BCUT2D eigenvalue weighted by atomic mass is 16.1. The second-order valence-corrected chi connectivity index (χ2v) is 2.85. The Labute approximate surface area is 82.2 Å². The molecule has 0 unspecified atom stereocenters. The molecule has 1 rings (SSSR count). The SMILES string of the molecule is C#Cc1cccc(C(=O)CC(C)=O)n1. The Bertz CT molecular complexity index is 416. The van der Waals surface area contributed by atoms with Crippen molar-refractivity contribution in [3.63, 3.8) is 0 Å². The van der Waals surface area contributed by atoms with Crippen molar-refractivity contribution >= 4 is 11.6 Å². The van der Waals surface area contributed by atoms with Crippen LogP contribution in [0.5, 0.6) is 0 Å². The third kappa shape index (κ3) is 2.53. The monoisotopic (exact) mass is 187 g/mol. The molecule has 0 aliphatic carbocycles. The van der Waals surface area contributed by atoms with Gasteiger partial charge in [0.1, 0.15) is 17.2 Å². The van der Waals surface area contributed by atoms with Crippen molar-refractivity contribution in [3.8, 4) is 12.3 Å². The molecule has 14 heavy (non-hydrogen) atoms. The van der Waals surface area contributed by atoms with Crippen LogP contribution in [0.4, 0.5) is 0 Å². The summed E-state index contributed by atoms with van der Waals surface area (Å²) in [5, 5.41) is 0. The lowest BCUT2D eigenvalue weighted by Crippen LogP contribution is -2.07. The highest BCUT2D eigenvalue weighted by molar-refractivity contribution is 6.06. The Hall–Kier alpha value is -1.95. The smallest absolute Gasteiger partial charge is 0.188 e. The lowest BCUT2D eigenvalue weighted by Gasteiger charge is -1.97. The second-order valence-electron chi connectivity index (χ2n) is 2.85. The number of nitrogens with zero attached hydrogens (tertiary/aromatic N) is 1. The molecule has 0 N–H and O–H groups in total. The molecule has 3 nitrogen and oxygen atoms in total. The molecule has 1 aromatic rings. The van der Waals surface area contributed by atoms with E-state index in [1.54, 1.807) is 18.2 Å². The molecule has 0 bridgehead atoms. The molecule has 3 heteroatoms. The van der Waals surface area contributed by atoms with E-state index >= 15 is 0 Å². The summed E-state index contributed by atoms with van der Waals surface area (Å²) in [6.07, 6.45) is 5.01. The van der Waals surface area contributed by atoms with Gasteiger partial charge in [0.25, 0.3) is 0 Å². The summed E-state index contributed by atoms with van der Waals surface area (Å²) in [6.45, 7) is 1.36. The Kier molecular flexibility index (Phi) is 3.14. The van der Waals surface area contributed by atoms with E-state index in [2.05, 4.69) is 10.9 Å². The fourth-order valence-electron chi connectivity index (χ4n) is 0.987. The molecule has 0 aliphatic rings. The van der Waals surface area contributed by atoms with Crippen molar-refractivity contribution in [3.05, 3.63) is 29.6 Å². The van der Waals surface area contributed by atoms with Gasteiger partial charge >= 0.3 is 0 Å². The fraction of sp³-hybridized carbons (Fsp3) is 0.182. The maximum atomic E-state index is 11.4. The van der Waals surface area contributed by atoms with Crippen molar-refractivity contribution in [2.45, 2.75) is 13.3 Å². The molecule has 70 valence electrons. The van der Waals surface area contributed by atoms with Crippen LogP contribution in [-0.4, -0.2) is 16.6 Å². The number of hydrogen-bond acceptors (Lipinski definition) is 3. The van der Waals surface area contributed by atoms with E-state index in [1.165, 1.54) is 6.92 Å². The minimum atomic E-state index is -0.297. The molecule has 0 spiro atoms. The molecule has 0 aliphatic heterocycles.